The number of anilines is 1. The summed E-state index contributed by atoms with van der Waals surface area (Å²) in [6, 6.07) is 4.92. The molecule has 0 saturated heterocycles. The van der Waals surface area contributed by atoms with Crippen molar-refractivity contribution in [3.05, 3.63) is 29.3 Å². The number of rotatable bonds is 3. The second kappa shape index (κ2) is 5.18. The van der Waals surface area contributed by atoms with E-state index in [1.54, 1.807) is 18.2 Å². The van der Waals surface area contributed by atoms with Crippen LogP contribution < -0.4 is 5.32 Å². The number of hydrogen-bond acceptors (Lipinski definition) is 3. The number of carbonyl (C=O) groups excluding carboxylic acids is 3. The van der Waals surface area contributed by atoms with Crippen LogP contribution in [-0.2, 0) is 4.79 Å². The lowest BCUT2D eigenvalue weighted by molar-refractivity contribution is -0.117. The maximum absolute atomic E-state index is 12.3. The van der Waals surface area contributed by atoms with Crippen LogP contribution in [0.15, 0.2) is 18.2 Å². The molecule has 2 bridgehead atoms. The van der Waals surface area contributed by atoms with Gasteiger partial charge in [-0.2, -0.15) is 0 Å². The van der Waals surface area contributed by atoms with E-state index in [2.05, 4.69) is 5.32 Å². The van der Waals surface area contributed by atoms with Crippen LogP contribution in [0.25, 0.3) is 0 Å². The van der Waals surface area contributed by atoms with Gasteiger partial charge in [-0.05, 0) is 55.2 Å². The molecular formula is C18H20N2O3. The second-order valence-corrected chi connectivity index (χ2v) is 7.12. The van der Waals surface area contributed by atoms with Crippen molar-refractivity contribution in [2.75, 3.05) is 12.4 Å². The minimum Gasteiger partial charge on any atom is -0.326 e. The molecule has 1 aromatic rings. The van der Waals surface area contributed by atoms with Crippen LogP contribution in [0.1, 0.15) is 52.8 Å². The van der Waals surface area contributed by atoms with Crippen LogP contribution in [-0.4, -0.2) is 29.7 Å². The van der Waals surface area contributed by atoms with Crippen molar-refractivity contribution in [1.82, 2.24) is 4.90 Å². The summed E-state index contributed by atoms with van der Waals surface area (Å²) in [5.41, 5.74) is 1.37. The van der Waals surface area contributed by atoms with Gasteiger partial charge in [0.25, 0.3) is 11.8 Å². The number of amides is 3. The van der Waals surface area contributed by atoms with E-state index in [0.29, 0.717) is 29.2 Å². The van der Waals surface area contributed by atoms with Gasteiger partial charge in [0.15, 0.2) is 0 Å². The van der Waals surface area contributed by atoms with Crippen molar-refractivity contribution in [2.45, 2.75) is 32.1 Å². The second-order valence-electron chi connectivity index (χ2n) is 7.12. The molecule has 0 unspecified atom stereocenters. The fourth-order valence-electron chi connectivity index (χ4n) is 4.52. The zero-order chi connectivity index (χ0) is 16.1. The minimum absolute atomic E-state index is 0.00706. The molecule has 4 rings (SSSR count). The predicted octanol–water partition coefficient (Wildman–Crippen LogP) is 2.68. The molecule has 0 aromatic heterocycles. The number of hydrogen-bond donors (Lipinski definition) is 1. The summed E-state index contributed by atoms with van der Waals surface area (Å²) in [6.07, 6.45) is 5.63. The molecule has 2 saturated carbocycles. The van der Waals surface area contributed by atoms with Crippen molar-refractivity contribution in [1.29, 1.82) is 0 Å². The fraction of sp³-hybridized carbons (Fsp3) is 0.500. The van der Waals surface area contributed by atoms with Crippen LogP contribution in [0.2, 0.25) is 0 Å². The zero-order valence-electron chi connectivity index (χ0n) is 13.2. The van der Waals surface area contributed by atoms with E-state index in [1.165, 1.54) is 32.7 Å². The zero-order valence-corrected chi connectivity index (χ0v) is 13.2. The summed E-state index contributed by atoms with van der Waals surface area (Å²) in [5.74, 6) is 1.47. The number of fused-ring (bicyclic) bond motifs is 3. The molecule has 1 aliphatic heterocycles. The molecule has 23 heavy (non-hydrogen) atoms. The Labute approximate surface area is 135 Å². The molecule has 1 N–H and O–H groups in total. The van der Waals surface area contributed by atoms with Gasteiger partial charge in [0.2, 0.25) is 5.91 Å². The number of nitrogens with zero attached hydrogens (tertiary/aromatic N) is 1. The number of nitrogens with one attached hydrogen (secondary N) is 1. The van der Waals surface area contributed by atoms with Gasteiger partial charge < -0.3 is 5.32 Å². The molecule has 1 heterocycles. The topological polar surface area (TPSA) is 66.5 Å². The molecule has 2 aliphatic carbocycles. The van der Waals surface area contributed by atoms with E-state index in [1.807, 2.05) is 0 Å². The molecular weight excluding hydrogens is 292 g/mol. The maximum Gasteiger partial charge on any atom is 0.261 e. The molecule has 0 radical (unpaired) electrons. The van der Waals surface area contributed by atoms with E-state index in [4.69, 9.17) is 0 Å². The van der Waals surface area contributed by atoms with Gasteiger partial charge in [-0.1, -0.05) is 6.42 Å². The Hall–Kier alpha value is -2.17. The van der Waals surface area contributed by atoms with E-state index < -0.39 is 0 Å². The van der Waals surface area contributed by atoms with Gasteiger partial charge in [-0.15, -0.1) is 0 Å². The monoisotopic (exact) mass is 312 g/mol. The third kappa shape index (κ3) is 2.35. The summed E-state index contributed by atoms with van der Waals surface area (Å²) < 4.78 is 0. The first-order valence-electron chi connectivity index (χ1n) is 8.29. The highest BCUT2D eigenvalue weighted by Crippen LogP contribution is 2.49. The Morgan fingerprint density at radius 3 is 2.65 bits per heavy atom. The lowest BCUT2D eigenvalue weighted by atomic mass is 9.86. The maximum atomic E-state index is 12.3. The minimum atomic E-state index is -0.311. The Bertz CT molecular complexity index is 712. The average molecular weight is 312 g/mol. The largest absolute Gasteiger partial charge is 0.326 e. The first-order chi connectivity index (χ1) is 11.0. The smallest absolute Gasteiger partial charge is 0.261 e. The lowest BCUT2D eigenvalue weighted by Gasteiger charge is -2.20. The van der Waals surface area contributed by atoms with Gasteiger partial charge in [0, 0.05) is 19.2 Å². The highest BCUT2D eigenvalue weighted by molar-refractivity contribution is 6.21. The first kappa shape index (κ1) is 14.4. The third-order valence-electron chi connectivity index (χ3n) is 5.71. The number of benzene rings is 1. The highest BCUT2D eigenvalue weighted by atomic mass is 16.2. The lowest BCUT2D eigenvalue weighted by Crippen LogP contribution is -2.24. The van der Waals surface area contributed by atoms with Crippen LogP contribution in [0.4, 0.5) is 5.69 Å². The molecule has 3 atom stereocenters. The molecule has 2 fully saturated rings. The highest BCUT2D eigenvalue weighted by Gasteiger charge is 2.40. The van der Waals surface area contributed by atoms with Crippen molar-refractivity contribution >= 4 is 23.4 Å². The van der Waals surface area contributed by atoms with E-state index in [9.17, 15) is 14.4 Å². The standard InChI is InChI=1S/C18H20N2O3/c1-20-17(22)14-5-4-13(9-15(14)18(20)23)19-16(21)8-12-7-10-2-3-11(12)6-10/h4-5,9-12H,2-3,6-8H2,1H3,(H,19,21)/t10-,11+,12-/m0/s1. The molecule has 3 aliphatic rings. The summed E-state index contributed by atoms with van der Waals surface area (Å²) in [5, 5.41) is 2.89. The predicted molar refractivity (Wildman–Crippen MR) is 85.1 cm³/mol. The SMILES string of the molecule is CN1C(=O)c2ccc(NC(=O)C[C@@H]3C[C@H]4CC[C@@H]3C4)cc2C1=O. The third-order valence-corrected chi connectivity index (χ3v) is 5.71. The number of carbonyl (C=O) groups is 3. The van der Waals surface area contributed by atoms with E-state index >= 15 is 0 Å². The Balaban J connectivity index is 1.44. The Morgan fingerprint density at radius 1 is 1.17 bits per heavy atom. The summed E-state index contributed by atoms with van der Waals surface area (Å²) in [7, 11) is 1.47. The Kier molecular flexibility index (Phi) is 3.25. The van der Waals surface area contributed by atoms with Crippen LogP contribution in [0.3, 0.4) is 0 Å². The van der Waals surface area contributed by atoms with Gasteiger partial charge in [-0.25, -0.2) is 0 Å². The van der Waals surface area contributed by atoms with Gasteiger partial charge >= 0.3 is 0 Å². The van der Waals surface area contributed by atoms with Crippen LogP contribution in [0, 0.1) is 17.8 Å². The quantitative estimate of drug-likeness (QED) is 0.873. The van der Waals surface area contributed by atoms with Gasteiger partial charge in [0.1, 0.15) is 0 Å². The van der Waals surface area contributed by atoms with Crippen LogP contribution in [0.5, 0.6) is 0 Å². The molecule has 120 valence electrons. The van der Waals surface area contributed by atoms with Crippen LogP contribution >= 0.6 is 0 Å². The van der Waals surface area contributed by atoms with Gasteiger partial charge in [-0.3, -0.25) is 19.3 Å². The first-order valence-corrected chi connectivity index (χ1v) is 8.29. The summed E-state index contributed by atoms with van der Waals surface area (Å²) in [4.78, 5) is 37.2. The van der Waals surface area contributed by atoms with Gasteiger partial charge in [0.05, 0.1) is 11.1 Å². The molecule has 3 amide bonds. The average Bonchev–Trinajstić information content (AvgIpc) is 3.19. The molecule has 5 heteroatoms. The van der Waals surface area contributed by atoms with E-state index in [-0.39, 0.29) is 17.7 Å². The number of imide groups is 1. The molecule has 1 aromatic carbocycles. The summed E-state index contributed by atoms with van der Waals surface area (Å²) >= 11 is 0. The van der Waals surface area contributed by atoms with Crippen molar-refractivity contribution < 1.29 is 14.4 Å². The van der Waals surface area contributed by atoms with Crippen molar-refractivity contribution in [2.24, 2.45) is 17.8 Å². The van der Waals surface area contributed by atoms with Crippen molar-refractivity contribution in [3.63, 3.8) is 0 Å². The summed E-state index contributed by atoms with van der Waals surface area (Å²) in [6.45, 7) is 0. The molecule has 0 spiro atoms. The Morgan fingerprint density at radius 2 is 1.96 bits per heavy atom. The normalized spacial score (nSPS) is 28.4. The fourth-order valence-corrected chi connectivity index (χ4v) is 4.52. The molecule has 5 nitrogen and oxygen atoms in total. The van der Waals surface area contributed by atoms with E-state index in [0.717, 1.165) is 16.7 Å². The van der Waals surface area contributed by atoms with Crippen molar-refractivity contribution in [3.8, 4) is 0 Å².